The molecule has 1 unspecified atom stereocenters. The smallest absolute Gasteiger partial charge is 0.150 e. The highest BCUT2D eigenvalue weighted by molar-refractivity contribution is 7.91. The van der Waals surface area contributed by atoms with Gasteiger partial charge in [-0.1, -0.05) is 19.8 Å². The van der Waals surface area contributed by atoms with Crippen LogP contribution in [0.2, 0.25) is 0 Å². The maximum atomic E-state index is 11.4. The Morgan fingerprint density at radius 1 is 1.31 bits per heavy atom. The van der Waals surface area contributed by atoms with Gasteiger partial charge in [0, 0.05) is 11.8 Å². The molecule has 4 heteroatoms. The maximum absolute atomic E-state index is 11.4. The Kier molecular flexibility index (Phi) is 3.74. The van der Waals surface area contributed by atoms with E-state index in [1.54, 1.807) is 6.92 Å². The lowest BCUT2D eigenvalue weighted by molar-refractivity contribution is 0.332. The molecule has 2 atom stereocenters. The van der Waals surface area contributed by atoms with Crippen LogP contribution in [-0.2, 0) is 9.84 Å². The van der Waals surface area contributed by atoms with E-state index >= 15 is 0 Å². The van der Waals surface area contributed by atoms with E-state index in [2.05, 4.69) is 0 Å². The van der Waals surface area contributed by atoms with Gasteiger partial charge in [0.15, 0.2) is 0 Å². The third-order valence-electron chi connectivity index (χ3n) is 2.88. The third kappa shape index (κ3) is 3.27. The van der Waals surface area contributed by atoms with E-state index in [0.717, 1.165) is 25.7 Å². The van der Waals surface area contributed by atoms with E-state index in [1.807, 2.05) is 0 Å². The van der Waals surface area contributed by atoms with Crippen molar-refractivity contribution in [2.75, 3.05) is 11.5 Å². The van der Waals surface area contributed by atoms with Gasteiger partial charge in [-0.05, 0) is 18.8 Å². The molecule has 1 aliphatic rings. The minimum absolute atomic E-state index is 0.107. The molecule has 0 aliphatic heterocycles. The normalized spacial score (nSPS) is 30.3. The van der Waals surface area contributed by atoms with Crippen molar-refractivity contribution in [2.24, 2.45) is 11.7 Å². The average Bonchev–Trinajstić information content (AvgIpc) is 2.09. The van der Waals surface area contributed by atoms with Gasteiger partial charge in [0.1, 0.15) is 9.84 Å². The van der Waals surface area contributed by atoms with Crippen molar-refractivity contribution in [2.45, 2.75) is 38.6 Å². The third-order valence-corrected chi connectivity index (χ3v) is 4.69. The van der Waals surface area contributed by atoms with Crippen molar-refractivity contribution in [3.8, 4) is 0 Å². The summed E-state index contributed by atoms with van der Waals surface area (Å²) in [7, 11) is -2.83. The fraction of sp³-hybridized carbons (Fsp3) is 1.00. The van der Waals surface area contributed by atoms with Gasteiger partial charge in [0.05, 0.1) is 5.75 Å². The van der Waals surface area contributed by atoms with E-state index in [9.17, 15) is 8.42 Å². The zero-order valence-electron chi connectivity index (χ0n) is 8.20. The molecule has 1 saturated carbocycles. The monoisotopic (exact) mass is 205 g/mol. The van der Waals surface area contributed by atoms with E-state index in [4.69, 9.17) is 5.73 Å². The van der Waals surface area contributed by atoms with Crippen LogP contribution in [-0.4, -0.2) is 26.0 Å². The molecule has 0 radical (unpaired) electrons. The van der Waals surface area contributed by atoms with Crippen molar-refractivity contribution in [1.82, 2.24) is 0 Å². The molecule has 1 aliphatic carbocycles. The van der Waals surface area contributed by atoms with Gasteiger partial charge in [0.2, 0.25) is 0 Å². The van der Waals surface area contributed by atoms with Gasteiger partial charge < -0.3 is 5.73 Å². The number of rotatable bonds is 3. The van der Waals surface area contributed by atoms with Crippen LogP contribution in [0, 0.1) is 5.92 Å². The first-order chi connectivity index (χ1) is 6.05. The van der Waals surface area contributed by atoms with Crippen LogP contribution in [0.3, 0.4) is 0 Å². The molecular weight excluding hydrogens is 186 g/mol. The van der Waals surface area contributed by atoms with E-state index in [1.165, 1.54) is 0 Å². The fourth-order valence-corrected chi connectivity index (χ4v) is 3.19. The molecule has 0 aromatic heterocycles. The highest BCUT2D eigenvalue weighted by atomic mass is 32.2. The Hall–Kier alpha value is -0.0900. The van der Waals surface area contributed by atoms with Gasteiger partial charge in [-0.15, -0.1) is 0 Å². The second-order valence-corrected chi connectivity index (χ2v) is 6.31. The minimum Gasteiger partial charge on any atom is -0.327 e. The summed E-state index contributed by atoms with van der Waals surface area (Å²) in [6.45, 7) is 1.70. The molecule has 1 rings (SSSR count). The summed E-state index contributed by atoms with van der Waals surface area (Å²) in [5.41, 5.74) is 5.88. The first-order valence-electron chi connectivity index (χ1n) is 5.01. The van der Waals surface area contributed by atoms with Crippen molar-refractivity contribution < 1.29 is 8.42 Å². The molecule has 0 aromatic rings. The molecule has 0 heterocycles. The SMILES string of the molecule is CCS(=O)(=O)CC1CCCC[C@H]1N. The highest BCUT2D eigenvalue weighted by Gasteiger charge is 2.25. The van der Waals surface area contributed by atoms with Gasteiger partial charge in [-0.25, -0.2) is 8.42 Å². The Morgan fingerprint density at radius 2 is 1.92 bits per heavy atom. The van der Waals surface area contributed by atoms with Gasteiger partial charge in [0.25, 0.3) is 0 Å². The Morgan fingerprint density at radius 3 is 2.46 bits per heavy atom. The van der Waals surface area contributed by atoms with E-state index in [-0.39, 0.29) is 17.7 Å². The van der Waals surface area contributed by atoms with Crippen LogP contribution in [0.4, 0.5) is 0 Å². The molecule has 0 amide bonds. The summed E-state index contributed by atoms with van der Waals surface area (Å²) < 4.78 is 22.7. The molecule has 78 valence electrons. The number of hydrogen-bond donors (Lipinski definition) is 1. The number of nitrogens with two attached hydrogens (primary N) is 1. The van der Waals surface area contributed by atoms with Crippen molar-refractivity contribution >= 4 is 9.84 Å². The molecule has 3 nitrogen and oxygen atoms in total. The molecule has 13 heavy (non-hydrogen) atoms. The first-order valence-corrected chi connectivity index (χ1v) is 6.83. The lowest BCUT2D eigenvalue weighted by atomic mass is 9.86. The second kappa shape index (κ2) is 4.42. The summed E-state index contributed by atoms with van der Waals surface area (Å²) in [6.07, 6.45) is 4.27. The van der Waals surface area contributed by atoms with E-state index in [0.29, 0.717) is 5.75 Å². The average molecular weight is 205 g/mol. The van der Waals surface area contributed by atoms with Crippen LogP contribution in [0.25, 0.3) is 0 Å². The molecule has 0 saturated heterocycles. The topological polar surface area (TPSA) is 60.2 Å². The van der Waals surface area contributed by atoms with Gasteiger partial charge in [-0.3, -0.25) is 0 Å². The zero-order chi connectivity index (χ0) is 9.90. The largest absolute Gasteiger partial charge is 0.327 e. The maximum Gasteiger partial charge on any atom is 0.150 e. The van der Waals surface area contributed by atoms with Crippen LogP contribution < -0.4 is 5.73 Å². The summed E-state index contributed by atoms with van der Waals surface area (Å²) >= 11 is 0. The van der Waals surface area contributed by atoms with Crippen LogP contribution in [0.5, 0.6) is 0 Å². The van der Waals surface area contributed by atoms with E-state index < -0.39 is 9.84 Å². The lowest BCUT2D eigenvalue weighted by Gasteiger charge is -2.27. The molecule has 0 spiro atoms. The van der Waals surface area contributed by atoms with Crippen molar-refractivity contribution in [3.63, 3.8) is 0 Å². The van der Waals surface area contributed by atoms with Crippen LogP contribution >= 0.6 is 0 Å². The van der Waals surface area contributed by atoms with Crippen LogP contribution in [0.15, 0.2) is 0 Å². The van der Waals surface area contributed by atoms with Gasteiger partial charge >= 0.3 is 0 Å². The molecule has 0 aromatic carbocycles. The fourth-order valence-electron chi connectivity index (χ4n) is 1.89. The quantitative estimate of drug-likeness (QED) is 0.746. The first kappa shape index (κ1) is 11.0. The highest BCUT2D eigenvalue weighted by Crippen LogP contribution is 2.24. The minimum atomic E-state index is -2.83. The summed E-state index contributed by atoms with van der Waals surface area (Å²) in [6, 6.07) is 0.107. The predicted octanol–water partition coefficient (Wildman–Crippen LogP) is 0.939. The summed E-state index contributed by atoms with van der Waals surface area (Å²) in [5.74, 6) is 0.750. The number of sulfone groups is 1. The zero-order valence-corrected chi connectivity index (χ0v) is 9.02. The Bertz CT molecular complexity index is 248. The lowest BCUT2D eigenvalue weighted by Crippen LogP contribution is -2.37. The summed E-state index contributed by atoms with van der Waals surface area (Å²) in [5, 5.41) is 0. The molecular formula is C9H19NO2S. The molecule has 0 bridgehead atoms. The van der Waals surface area contributed by atoms with Crippen molar-refractivity contribution in [3.05, 3.63) is 0 Å². The van der Waals surface area contributed by atoms with Crippen LogP contribution in [0.1, 0.15) is 32.6 Å². The molecule has 1 fully saturated rings. The van der Waals surface area contributed by atoms with Crippen molar-refractivity contribution in [1.29, 1.82) is 0 Å². The molecule has 2 N–H and O–H groups in total. The standard InChI is InChI=1S/C9H19NO2S/c1-2-13(11,12)7-8-5-3-4-6-9(8)10/h8-9H,2-7,10H2,1H3/t8?,9-/m1/s1. The second-order valence-electron chi connectivity index (χ2n) is 3.91. The Labute approximate surface area is 80.6 Å². The predicted molar refractivity (Wildman–Crippen MR) is 54.3 cm³/mol. The number of hydrogen-bond acceptors (Lipinski definition) is 3. The Balaban J connectivity index is 2.52. The summed E-state index contributed by atoms with van der Waals surface area (Å²) in [4.78, 5) is 0. The van der Waals surface area contributed by atoms with Gasteiger partial charge in [-0.2, -0.15) is 0 Å².